The van der Waals surface area contributed by atoms with Crippen LogP contribution in [0.25, 0.3) is 0 Å². The number of carbonyl (C=O) groups is 1. The molecule has 1 aromatic rings. The Morgan fingerprint density at radius 2 is 2.38 bits per heavy atom. The minimum Gasteiger partial charge on any atom is -0.394 e. The van der Waals surface area contributed by atoms with Gasteiger partial charge in [0.25, 0.3) is 5.91 Å². The average Bonchev–Trinajstić information content (AvgIpc) is 2.50. The number of benzene rings is 1. The van der Waals surface area contributed by atoms with E-state index in [1.165, 1.54) is 18.2 Å². The van der Waals surface area contributed by atoms with Gasteiger partial charge in [0.2, 0.25) is 0 Å². The summed E-state index contributed by atoms with van der Waals surface area (Å²) in [7, 11) is 0. The Kier molecular flexibility index (Phi) is 5.24. The summed E-state index contributed by atoms with van der Waals surface area (Å²) in [6.07, 6.45) is -0.264. The van der Waals surface area contributed by atoms with Gasteiger partial charge in [0, 0.05) is 30.3 Å². The number of rotatable bonds is 4. The van der Waals surface area contributed by atoms with Gasteiger partial charge in [0.15, 0.2) is 0 Å². The average molecular weight is 297 g/mol. The number of nitrogens with zero attached hydrogens (tertiary/aromatic N) is 1. The zero-order valence-corrected chi connectivity index (χ0v) is 11.9. The maximum atomic E-state index is 13.9. The fraction of sp³-hybridized carbons (Fsp3) is 0.500. The Morgan fingerprint density at radius 3 is 3.05 bits per heavy atom. The van der Waals surface area contributed by atoms with E-state index in [1.54, 1.807) is 0 Å². The van der Waals surface area contributed by atoms with Crippen molar-refractivity contribution >= 4 is 5.91 Å². The number of aliphatic hydroxyl groups is 1. The van der Waals surface area contributed by atoms with Crippen LogP contribution >= 0.6 is 0 Å². The number of morpholine rings is 1. The highest BCUT2D eigenvalue weighted by atomic mass is 19.1. The van der Waals surface area contributed by atoms with Gasteiger partial charge in [0.05, 0.1) is 19.3 Å². The molecule has 116 valence electrons. The molecule has 0 aliphatic carbocycles. The van der Waals surface area contributed by atoms with Crippen molar-refractivity contribution in [3.63, 3.8) is 0 Å². The number of hydrogen-bond acceptors (Lipinski definition) is 5. The molecule has 1 amide bonds. The number of carbonyl (C=O) groups excluding carboxylic acids is 1. The molecule has 2 unspecified atom stereocenters. The van der Waals surface area contributed by atoms with Crippen LogP contribution in [-0.2, 0) is 11.3 Å². The van der Waals surface area contributed by atoms with Gasteiger partial charge in [0.1, 0.15) is 5.82 Å². The fourth-order valence-electron chi connectivity index (χ4n) is 2.35. The second-order valence-corrected chi connectivity index (χ2v) is 5.20. The molecule has 2 atom stereocenters. The Balaban J connectivity index is 2.15. The first-order valence-electron chi connectivity index (χ1n) is 6.81. The minimum atomic E-state index is -0.459. The van der Waals surface area contributed by atoms with Crippen LogP contribution in [0.15, 0.2) is 18.2 Å². The Labute approximate surface area is 122 Å². The van der Waals surface area contributed by atoms with Gasteiger partial charge in [-0.2, -0.15) is 0 Å². The Hall–Kier alpha value is -1.54. The summed E-state index contributed by atoms with van der Waals surface area (Å²) in [6, 6.07) is 4.25. The van der Waals surface area contributed by atoms with E-state index in [2.05, 4.69) is 0 Å². The fourth-order valence-corrected chi connectivity index (χ4v) is 2.35. The molecule has 21 heavy (non-hydrogen) atoms. The number of amides is 1. The summed E-state index contributed by atoms with van der Waals surface area (Å²) in [4.78, 5) is 13.5. The largest absolute Gasteiger partial charge is 0.394 e. The highest BCUT2D eigenvalue weighted by Crippen LogP contribution is 2.18. The minimum absolute atomic E-state index is 0.0681. The van der Waals surface area contributed by atoms with Crippen molar-refractivity contribution in [1.82, 2.24) is 10.3 Å². The number of nitrogen functional groups attached to an aromatic ring is 1. The molecule has 1 saturated heterocycles. The molecule has 0 spiro atoms. The van der Waals surface area contributed by atoms with Gasteiger partial charge < -0.3 is 9.84 Å². The molecular formula is C14H20FN3O3. The van der Waals surface area contributed by atoms with Crippen LogP contribution in [0.5, 0.6) is 0 Å². The number of nitrogens with one attached hydrogen (secondary N) is 1. The normalized spacial score (nSPS) is 23.0. The molecule has 1 aliphatic rings. The molecule has 1 aliphatic heterocycles. The molecule has 1 aromatic carbocycles. The van der Waals surface area contributed by atoms with Crippen LogP contribution in [0.1, 0.15) is 22.8 Å². The topological polar surface area (TPSA) is 87.8 Å². The lowest BCUT2D eigenvalue weighted by Crippen LogP contribution is -2.49. The van der Waals surface area contributed by atoms with E-state index in [1.807, 2.05) is 17.2 Å². The first-order chi connectivity index (χ1) is 10.0. The van der Waals surface area contributed by atoms with Crippen LogP contribution < -0.4 is 11.3 Å². The van der Waals surface area contributed by atoms with Crippen molar-refractivity contribution in [1.29, 1.82) is 0 Å². The Bertz CT molecular complexity index is 512. The summed E-state index contributed by atoms with van der Waals surface area (Å²) in [5.74, 6) is 4.26. The third-order valence-corrected chi connectivity index (χ3v) is 3.65. The third-order valence-electron chi connectivity index (χ3n) is 3.65. The van der Waals surface area contributed by atoms with Gasteiger partial charge >= 0.3 is 0 Å². The van der Waals surface area contributed by atoms with Crippen LogP contribution in [0.2, 0.25) is 0 Å². The molecule has 0 aromatic heterocycles. The molecular weight excluding hydrogens is 277 g/mol. The molecule has 7 heteroatoms. The van der Waals surface area contributed by atoms with E-state index in [0.717, 1.165) is 0 Å². The zero-order valence-electron chi connectivity index (χ0n) is 11.9. The molecule has 0 saturated carbocycles. The van der Waals surface area contributed by atoms with Crippen LogP contribution in [0.3, 0.4) is 0 Å². The molecule has 4 N–H and O–H groups in total. The predicted molar refractivity (Wildman–Crippen MR) is 74.8 cm³/mol. The summed E-state index contributed by atoms with van der Waals surface area (Å²) < 4.78 is 19.4. The van der Waals surface area contributed by atoms with E-state index in [-0.39, 0.29) is 24.6 Å². The Morgan fingerprint density at radius 1 is 1.62 bits per heavy atom. The van der Waals surface area contributed by atoms with E-state index in [4.69, 9.17) is 10.6 Å². The first kappa shape index (κ1) is 15.8. The van der Waals surface area contributed by atoms with E-state index < -0.39 is 5.91 Å². The van der Waals surface area contributed by atoms with Gasteiger partial charge in [-0.1, -0.05) is 0 Å². The van der Waals surface area contributed by atoms with Crippen LogP contribution in [-0.4, -0.2) is 47.8 Å². The van der Waals surface area contributed by atoms with Crippen molar-refractivity contribution in [2.24, 2.45) is 5.84 Å². The number of hydrogen-bond donors (Lipinski definition) is 3. The first-order valence-corrected chi connectivity index (χ1v) is 6.81. The molecule has 0 bridgehead atoms. The summed E-state index contributed by atoms with van der Waals surface area (Å²) in [6.45, 7) is 3.25. The zero-order chi connectivity index (χ0) is 15.4. The quantitative estimate of drug-likeness (QED) is 0.414. The lowest BCUT2D eigenvalue weighted by Gasteiger charge is -2.37. The van der Waals surface area contributed by atoms with Gasteiger partial charge in [-0.3, -0.25) is 15.1 Å². The van der Waals surface area contributed by atoms with Crippen LogP contribution in [0.4, 0.5) is 4.39 Å². The standard InChI is InChI=1S/C14H20FN3O3/c1-9-8-21-12(7-19)6-18(9)5-11-4-10(14(20)17-16)2-3-13(11)15/h2-4,9,12,19H,5-8,16H2,1H3,(H,17,20). The van der Waals surface area contributed by atoms with Crippen molar-refractivity contribution in [2.45, 2.75) is 25.6 Å². The second kappa shape index (κ2) is 6.95. The highest BCUT2D eigenvalue weighted by Gasteiger charge is 2.26. The third kappa shape index (κ3) is 3.76. The van der Waals surface area contributed by atoms with Gasteiger partial charge in [-0.05, 0) is 25.1 Å². The van der Waals surface area contributed by atoms with E-state index in [0.29, 0.717) is 30.8 Å². The lowest BCUT2D eigenvalue weighted by molar-refractivity contribution is -0.0807. The maximum Gasteiger partial charge on any atom is 0.265 e. The smallest absolute Gasteiger partial charge is 0.265 e. The molecule has 1 fully saturated rings. The van der Waals surface area contributed by atoms with E-state index in [9.17, 15) is 14.3 Å². The van der Waals surface area contributed by atoms with E-state index >= 15 is 0 Å². The number of halogens is 1. The number of ether oxygens (including phenoxy) is 1. The highest BCUT2D eigenvalue weighted by molar-refractivity contribution is 5.93. The van der Waals surface area contributed by atoms with Crippen molar-refractivity contribution in [3.8, 4) is 0 Å². The summed E-state index contributed by atoms with van der Waals surface area (Å²) >= 11 is 0. The summed E-state index contributed by atoms with van der Waals surface area (Å²) in [5, 5.41) is 9.17. The molecule has 6 nitrogen and oxygen atoms in total. The maximum absolute atomic E-state index is 13.9. The SMILES string of the molecule is CC1COC(CO)CN1Cc1cc(C(=O)NN)ccc1F. The number of aliphatic hydroxyl groups excluding tert-OH is 1. The summed E-state index contributed by atoms with van der Waals surface area (Å²) in [5.41, 5.74) is 2.76. The van der Waals surface area contributed by atoms with Gasteiger partial charge in [-0.25, -0.2) is 10.2 Å². The molecule has 0 radical (unpaired) electrons. The lowest BCUT2D eigenvalue weighted by atomic mass is 10.1. The molecule has 1 heterocycles. The van der Waals surface area contributed by atoms with Crippen molar-refractivity contribution in [2.75, 3.05) is 19.8 Å². The predicted octanol–water partition coefficient (Wildman–Crippen LogP) is 0.0108. The second-order valence-electron chi connectivity index (χ2n) is 5.20. The van der Waals surface area contributed by atoms with Crippen molar-refractivity contribution in [3.05, 3.63) is 35.1 Å². The van der Waals surface area contributed by atoms with Gasteiger partial charge in [-0.15, -0.1) is 0 Å². The number of hydrazine groups is 1. The molecule has 2 rings (SSSR count). The number of nitrogens with two attached hydrogens (primary N) is 1. The monoisotopic (exact) mass is 297 g/mol. The van der Waals surface area contributed by atoms with Crippen LogP contribution in [0, 0.1) is 5.82 Å². The van der Waals surface area contributed by atoms with Crippen molar-refractivity contribution < 1.29 is 19.0 Å².